The zero-order valence-electron chi connectivity index (χ0n) is 16.8. The summed E-state index contributed by atoms with van der Waals surface area (Å²) >= 11 is 0. The number of carbonyl (C=O) groups excluding carboxylic acids is 4. The molecule has 1 aliphatic heterocycles. The van der Waals surface area contributed by atoms with Gasteiger partial charge in [-0.25, -0.2) is 9.69 Å². The van der Waals surface area contributed by atoms with E-state index >= 15 is 0 Å². The Bertz CT molecular complexity index is 1290. The highest BCUT2D eigenvalue weighted by Crippen LogP contribution is 2.30. The van der Waals surface area contributed by atoms with Crippen LogP contribution in [0.1, 0.15) is 53.9 Å². The summed E-state index contributed by atoms with van der Waals surface area (Å²) in [5.41, 5.74) is 1.67. The largest absolute Gasteiger partial charge is 0.478 e. The zero-order valence-corrected chi connectivity index (χ0v) is 16.8. The summed E-state index contributed by atoms with van der Waals surface area (Å²) in [6, 6.07) is 15.9. The van der Waals surface area contributed by atoms with Crippen molar-refractivity contribution in [2.45, 2.75) is 6.92 Å². The number of ketones is 1. The molecule has 0 saturated carbocycles. The van der Waals surface area contributed by atoms with E-state index in [2.05, 4.69) is 5.32 Å². The van der Waals surface area contributed by atoms with Crippen molar-refractivity contribution in [3.8, 4) is 0 Å². The third kappa shape index (κ3) is 3.65. The van der Waals surface area contributed by atoms with Gasteiger partial charge >= 0.3 is 5.97 Å². The number of nitrogens with one attached hydrogen (secondary N) is 1. The van der Waals surface area contributed by atoms with Gasteiger partial charge in [-0.2, -0.15) is 0 Å². The summed E-state index contributed by atoms with van der Waals surface area (Å²) in [6.45, 7) is 1.37. The first-order valence-electron chi connectivity index (χ1n) is 9.55. The molecule has 0 spiro atoms. The lowest BCUT2D eigenvalue weighted by Gasteiger charge is -2.14. The standard InChI is InChI=1S/C24H16N2O6/c1-13(27)25-17-7-9-18(10-8-17)26-22(29)19-11-6-16(12-20(19)23(26)30)21(28)14-2-4-15(5-3-14)24(31)32/h2-12H,1H3,(H,25,27)(H,31,32). The van der Waals surface area contributed by atoms with E-state index in [0.29, 0.717) is 11.4 Å². The number of carboxylic acids is 1. The van der Waals surface area contributed by atoms with E-state index in [1.165, 1.54) is 49.4 Å². The molecule has 3 amide bonds. The van der Waals surface area contributed by atoms with Crippen molar-refractivity contribution in [2.24, 2.45) is 0 Å². The molecule has 0 bridgehead atoms. The maximum atomic E-state index is 13.0. The van der Waals surface area contributed by atoms with Gasteiger partial charge in [0, 0.05) is 23.7 Å². The first-order valence-corrected chi connectivity index (χ1v) is 9.55. The number of imide groups is 1. The Morgan fingerprint density at radius 3 is 1.91 bits per heavy atom. The Morgan fingerprint density at radius 1 is 0.750 bits per heavy atom. The number of aromatic carboxylic acids is 1. The quantitative estimate of drug-likeness (QED) is 0.475. The second kappa shape index (κ2) is 7.92. The first kappa shape index (κ1) is 20.7. The van der Waals surface area contributed by atoms with Crippen molar-refractivity contribution in [3.05, 3.63) is 94.5 Å². The molecule has 0 fully saturated rings. The highest BCUT2D eigenvalue weighted by Gasteiger charge is 2.37. The van der Waals surface area contributed by atoms with Gasteiger partial charge < -0.3 is 10.4 Å². The van der Waals surface area contributed by atoms with Crippen LogP contribution in [0.5, 0.6) is 0 Å². The van der Waals surface area contributed by atoms with E-state index in [1.54, 1.807) is 24.3 Å². The van der Waals surface area contributed by atoms with Crippen LogP contribution in [0.25, 0.3) is 0 Å². The van der Waals surface area contributed by atoms with Crippen LogP contribution in [0.3, 0.4) is 0 Å². The maximum Gasteiger partial charge on any atom is 0.335 e. The molecular weight excluding hydrogens is 412 g/mol. The summed E-state index contributed by atoms with van der Waals surface area (Å²) in [6.07, 6.45) is 0. The van der Waals surface area contributed by atoms with Gasteiger partial charge in [0.25, 0.3) is 11.8 Å². The van der Waals surface area contributed by atoms with Crippen LogP contribution in [-0.4, -0.2) is 34.6 Å². The van der Waals surface area contributed by atoms with E-state index in [1.807, 2.05) is 0 Å². The Labute approximate surface area is 182 Å². The van der Waals surface area contributed by atoms with Crippen molar-refractivity contribution >= 4 is 40.8 Å². The Balaban J connectivity index is 1.62. The molecule has 2 N–H and O–H groups in total. The molecule has 158 valence electrons. The van der Waals surface area contributed by atoms with Crippen molar-refractivity contribution in [1.29, 1.82) is 0 Å². The highest BCUT2D eigenvalue weighted by molar-refractivity contribution is 6.35. The number of benzene rings is 3. The van der Waals surface area contributed by atoms with Crippen LogP contribution in [0.4, 0.5) is 11.4 Å². The molecule has 1 heterocycles. The van der Waals surface area contributed by atoms with Crippen LogP contribution in [0, 0.1) is 0 Å². The smallest absolute Gasteiger partial charge is 0.335 e. The molecule has 3 aromatic carbocycles. The SMILES string of the molecule is CC(=O)Nc1ccc(N2C(=O)c3ccc(C(=O)c4ccc(C(=O)O)cc4)cc3C2=O)cc1. The fourth-order valence-corrected chi connectivity index (χ4v) is 3.44. The lowest BCUT2D eigenvalue weighted by atomic mass is 9.98. The summed E-state index contributed by atoms with van der Waals surface area (Å²) in [5.74, 6) is -2.82. The van der Waals surface area contributed by atoms with E-state index in [4.69, 9.17) is 5.11 Å². The number of nitrogens with zero attached hydrogens (tertiary/aromatic N) is 1. The fraction of sp³-hybridized carbons (Fsp3) is 0.0417. The molecular formula is C24H16N2O6. The van der Waals surface area contributed by atoms with E-state index in [0.717, 1.165) is 4.90 Å². The van der Waals surface area contributed by atoms with E-state index < -0.39 is 23.6 Å². The van der Waals surface area contributed by atoms with Gasteiger partial charge in [-0.05, 0) is 48.5 Å². The molecule has 0 aromatic heterocycles. The summed E-state index contributed by atoms with van der Waals surface area (Å²) < 4.78 is 0. The monoisotopic (exact) mass is 428 g/mol. The van der Waals surface area contributed by atoms with Crippen LogP contribution in [-0.2, 0) is 4.79 Å². The topological polar surface area (TPSA) is 121 Å². The van der Waals surface area contributed by atoms with Gasteiger partial charge in [-0.3, -0.25) is 19.2 Å². The number of fused-ring (bicyclic) bond motifs is 1. The molecule has 3 aromatic rings. The van der Waals surface area contributed by atoms with Gasteiger partial charge in [0.05, 0.1) is 22.4 Å². The maximum absolute atomic E-state index is 13.0. The van der Waals surface area contributed by atoms with Crippen molar-refractivity contribution in [3.63, 3.8) is 0 Å². The van der Waals surface area contributed by atoms with E-state index in [-0.39, 0.29) is 33.7 Å². The predicted molar refractivity (Wildman–Crippen MR) is 115 cm³/mol. The second-order valence-corrected chi connectivity index (χ2v) is 7.15. The third-order valence-corrected chi connectivity index (χ3v) is 4.99. The van der Waals surface area contributed by atoms with Gasteiger partial charge in [0.2, 0.25) is 5.91 Å². The number of carbonyl (C=O) groups is 5. The Hall–Kier alpha value is -4.59. The van der Waals surface area contributed by atoms with Crippen LogP contribution in [0.2, 0.25) is 0 Å². The Morgan fingerprint density at radius 2 is 1.31 bits per heavy atom. The van der Waals surface area contributed by atoms with Gasteiger partial charge in [-0.1, -0.05) is 18.2 Å². The summed E-state index contributed by atoms with van der Waals surface area (Å²) in [5, 5.41) is 11.6. The molecule has 4 rings (SSSR count). The summed E-state index contributed by atoms with van der Waals surface area (Å²) in [4.78, 5) is 61.7. The zero-order chi connectivity index (χ0) is 23.0. The molecule has 0 radical (unpaired) electrons. The minimum atomic E-state index is -1.10. The number of hydrogen-bond acceptors (Lipinski definition) is 5. The lowest BCUT2D eigenvalue weighted by Crippen LogP contribution is -2.29. The molecule has 8 nitrogen and oxygen atoms in total. The highest BCUT2D eigenvalue weighted by atomic mass is 16.4. The number of amides is 3. The predicted octanol–water partition coefficient (Wildman–Crippen LogP) is 3.37. The first-order chi connectivity index (χ1) is 15.3. The minimum absolute atomic E-state index is 0.0523. The van der Waals surface area contributed by atoms with Crippen LogP contribution in [0.15, 0.2) is 66.7 Å². The van der Waals surface area contributed by atoms with E-state index in [9.17, 15) is 24.0 Å². The van der Waals surface area contributed by atoms with Gasteiger partial charge in [0.15, 0.2) is 5.78 Å². The molecule has 32 heavy (non-hydrogen) atoms. The van der Waals surface area contributed by atoms with Gasteiger partial charge in [0.1, 0.15) is 0 Å². The molecule has 0 saturated heterocycles. The molecule has 8 heteroatoms. The number of carboxylic acid groups (broad SMARTS) is 1. The average Bonchev–Trinajstić information content (AvgIpc) is 3.03. The summed E-state index contributed by atoms with van der Waals surface area (Å²) in [7, 11) is 0. The molecule has 0 unspecified atom stereocenters. The number of rotatable bonds is 5. The second-order valence-electron chi connectivity index (χ2n) is 7.15. The lowest BCUT2D eigenvalue weighted by molar-refractivity contribution is -0.114. The van der Waals surface area contributed by atoms with Crippen LogP contribution < -0.4 is 10.2 Å². The van der Waals surface area contributed by atoms with Crippen molar-refractivity contribution < 1.29 is 29.1 Å². The fourth-order valence-electron chi connectivity index (χ4n) is 3.44. The Kier molecular flexibility index (Phi) is 5.11. The number of anilines is 2. The van der Waals surface area contributed by atoms with Crippen LogP contribution >= 0.6 is 0 Å². The molecule has 0 aliphatic carbocycles. The average molecular weight is 428 g/mol. The number of hydrogen-bond donors (Lipinski definition) is 2. The molecule has 0 atom stereocenters. The van der Waals surface area contributed by atoms with Crippen molar-refractivity contribution in [2.75, 3.05) is 10.2 Å². The third-order valence-electron chi connectivity index (χ3n) is 4.99. The normalized spacial score (nSPS) is 12.5. The van der Waals surface area contributed by atoms with Gasteiger partial charge in [-0.15, -0.1) is 0 Å². The van der Waals surface area contributed by atoms with Crippen molar-refractivity contribution in [1.82, 2.24) is 0 Å². The minimum Gasteiger partial charge on any atom is -0.478 e. The molecule has 1 aliphatic rings.